The van der Waals surface area contributed by atoms with Gasteiger partial charge >= 0.3 is 0 Å². The molecule has 2 fully saturated rings. The molecule has 2 rings (SSSR count). The van der Waals surface area contributed by atoms with E-state index in [-0.39, 0.29) is 0 Å². The van der Waals surface area contributed by atoms with Gasteiger partial charge in [0, 0.05) is 38.2 Å². The van der Waals surface area contributed by atoms with Gasteiger partial charge in [0.2, 0.25) is 0 Å². The van der Waals surface area contributed by atoms with Crippen molar-refractivity contribution in [1.82, 2.24) is 10.2 Å². The Labute approximate surface area is 98.3 Å². The number of morpholine rings is 1. The average molecular weight is 228 g/mol. The molecule has 4 heteroatoms. The molecule has 0 bridgehead atoms. The van der Waals surface area contributed by atoms with E-state index in [0.29, 0.717) is 11.5 Å². The Bertz CT molecular complexity index is 217. The molecule has 2 atom stereocenters. The van der Waals surface area contributed by atoms with Crippen LogP contribution in [0.1, 0.15) is 13.3 Å². The summed E-state index contributed by atoms with van der Waals surface area (Å²) in [4.78, 5) is 2.53. The fourth-order valence-corrected chi connectivity index (χ4v) is 2.85. The van der Waals surface area contributed by atoms with Crippen molar-refractivity contribution in [1.29, 1.82) is 0 Å². The van der Waals surface area contributed by atoms with Crippen LogP contribution in [0.4, 0.5) is 0 Å². The van der Waals surface area contributed by atoms with Gasteiger partial charge in [-0.1, -0.05) is 0 Å². The highest BCUT2D eigenvalue weighted by atomic mass is 16.5. The van der Waals surface area contributed by atoms with E-state index in [1.807, 2.05) is 7.05 Å². The lowest BCUT2D eigenvalue weighted by Crippen LogP contribution is -2.49. The predicted octanol–water partition coefficient (Wildman–Crippen LogP) is 0.333. The Morgan fingerprint density at radius 1 is 1.44 bits per heavy atom. The van der Waals surface area contributed by atoms with Crippen molar-refractivity contribution in [3.8, 4) is 0 Å². The fourth-order valence-electron chi connectivity index (χ4n) is 2.85. The molecule has 0 aromatic heterocycles. The molecule has 0 radical (unpaired) electrons. The second-order valence-electron chi connectivity index (χ2n) is 5.25. The number of hydrogen-bond acceptors (Lipinski definition) is 4. The second-order valence-corrected chi connectivity index (χ2v) is 5.25. The van der Waals surface area contributed by atoms with Gasteiger partial charge in [-0.3, -0.25) is 4.90 Å². The number of ether oxygens (including phenoxy) is 2. The summed E-state index contributed by atoms with van der Waals surface area (Å²) in [6.45, 7) is 9.17. The summed E-state index contributed by atoms with van der Waals surface area (Å²) in [6.07, 6.45) is 1.56. The summed E-state index contributed by atoms with van der Waals surface area (Å²) in [5, 5.41) is 3.31. The molecule has 2 aliphatic rings. The van der Waals surface area contributed by atoms with Crippen molar-refractivity contribution in [3.63, 3.8) is 0 Å². The molecule has 4 nitrogen and oxygen atoms in total. The van der Waals surface area contributed by atoms with Gasteiger partial charge in [0.25, 0.3) is 0 Å². The van der Waals surface area contributed by atoms with E-state index < -0.39 is 0 Å². The molecular formula is C12H24N2O2. The summed E-state index contributed by atoms with van der Waals surface area (Å²) in [6, 6.07) is 0. The monoisotopic (exact) mass is 228 g/mol. The van der Waals surface area contributed by atoms with Crippen LogP contribution in [0.5, 0.6) is 0 Å². The Kier molecular flexibility index (Phi) is 4.19. The number of nitrogens with one attached hydrogen (secondary N) is 1. The van der Waals surface area contributed by atoms with E-state index in [0.717, 1.165) is 46.0 Å². The molecule has 2 aliphatic heterocycles. The third-order valence-electron chi connectivity index (χ3n) is 3.62. The molecule has 0 aromatic rings. The van der Waals surface area contributed by atoms with Crippen LogP contribution >= 0.6 is 0 Å². The first-order valence-electron chi connectivity index (χ1n) is 6.30. The van der Waals surface area contributed by atoms with Gasteiger partial charge in [-0.05, 0) is 20.4 Å². The SMILES string of the molecule is CNCC1(CN2CCOC(C)C2)CCOC1. The highest BCUT2D eigenvalue weighted by molar-refractivity contribution is 4.89. The van der Waals surface area contributed by atoms with Gasteiger partial charge in [0.15, 0.2) is 0 Å². The molecule has 0 aliphatic carbocycles. The molecule has 0 aromatic carbocycles. The van der Waals surface area contributed by atoms with Crippen molar-refractivity contribution in [2.45, 2.75) is 19.4 Å². The molecule has 16 heavy (non-hydrogen) atoms. The molecule has 1 N–H and O–H groups in total. The normalized spacial score (nSPS) is 36.8. The maximum Gasteiger partial charge on any atom is 0.0674 e. The van der Waals surface area contributed by atoms with Crippen LogP contribution < -0.4 is 5.32 Å². The van der Waals surface area contributed by atoms with E-state index in [1.165, 1.54) is 6.42 Å². The largest absolute Gasteiger partial charge is 0.381 e. The van der Waals surface area contributed by atoms with Crippen LogP contribution in [0.2, 0.25) is 0 Å². The minimum Gasteiger partial charge on any atom is -0.381 e. The molecule has 94 valence electrons. The minimum absolute atomic E-state index is 0.325. The summed E-state index contributed by atoms with van der Waals surface area (Å²) < 4.78 is 11.2. The highest BCUT2D eigenvalue weighted by Crippen LogP contribution is 2.29. The average Bonchev–Trinajstić information content (AvgIpc) is 2.67. The van der Waals surface area contributed by atoms with Gasteiger partial charge in [0.05, 0.1) is 19.3 Å². The van der Waals surface area contributed by atoms with Crippen molar-refractivity contribution >= 4 is 0 Å². The van der Waals surface area contributed by atoms with E-state index in [9.17, 15) is 0 Å². The molecule has 0 saturated carbocycles. The first kappa shape index (κ1) is 12.3. The fraction of sp³-hybridized carbons (Fsp3) is 1.00. The number of nitrogens with zero attached hydrogens (tertiary/aromatic N) is 1. The van der Waals surface area contributed by atoms with Crippen LogP contribution in [0.25, 0.3) is 0 Å². The van der Waals surface area contributed by atoms with E-state index in [1.54, 1.807) is 0 Å². The second kappa shape index (κ2) is 5.45. The van der Waals surface area contributed by atoms with Gasteiger partial charge in [-0.2, -0.15) is 0 Å². The lowest BCUT2D eigenvalue weighted by Gasteiger charge is -2.38. The quantitative estimate of drug-likeness (QED) is 0.752. The van der Waals surface area contributed by atoms with Gasteiger partial charge in [-0.25, -0.2) is 0 Å². The van der Waals surface area contributed by atoms with Crippen molar-refractivity contribution in [3.05, 3.63) is 0 Å². The number of rotatable bonds is 4. The van der Waals surface area contributed by atoms with Gasteiger partial charge < -0.3 is 14.8 Å². The Morgan fingerprint density at radius 2 is 2.31 bits per heavy atom. The van der Waals surface area contributed by atoms with Gasteiger partial charge in [0.1, 0.15) is 0 Å². The van der Waals surface area contributed by atoms with E-state index >= 15 is 0 Å². The molecule has 2 heterocycles. The zero-order chi connectivity index (χ0) is 11.4. The minimum atomic E-state index is 0.325. The maximum absolute atomic E-state index is 5.58. The molecule has 0 amide bonds. The zero-order valence-corrected chi connectivity index (χ0v) is 10.5. The summed E-state index contributed by atoms with van der Waals surface area (Å²) in [7, 11) is 2.03. The Morgan fingerprint density at radius 3 is 2.94 bits per heavy atom. The van der Waals surface area contributed by atoms with E-state index in [2.05, 4.69) is 17.1 Å². The summed E-state index contributed by atoms with van der Waals surface area (Å²) in [5.41, 5.74) is 0.325. The summed E-state index contributed by atoms with van der Waals surface area (Å²) >= 11 is 0. The third kappa shape index (κ3) is 2.94. The molecular weight excluding hydrogens is 204 g/mol. The summed E-state index contributed by atoms with van der Waals surface area (Å²) in [5.74, 6) is 0. The smallest absolute Gasteiger partial charge is 0.0674 e. The molecule has 2 saturated heterocycles. The Hall–Kier alpha value is -0.160. The lowest BCUT2D eigenvalue weighted by atomic mass is 9.86. The highest BCUT2D eigenvalue weighted by Gasteiger charge is 2.36. The lowest BCUT2D eigenvalue weighted by molar-refractivity contribution is -0.0331. The van der Waals surface area contributed by atoms with Gasteiger partial charge in [-0.15, -0.1) is 0 Å². The first-order valence-corrected chi connectivity index (χ1v) is 6.30. The Balaban J connectivity index is 1.89. The van der Waals surface area contributed by atoms with Crippen LogP contribution in [-0.2, 0) is 9.47 Å². The molecule has 2 unspecified atom stereocenters. The van der Waals surface area contributed by atoms with Crippen molar-refractivity contribution < 1.29 is 9.47 Å². The maximum atomic E-state index is 5.58. The van der Waals surface area contributed by atoms with E-state index in [4.69, 9.17) is 9.47 Å². The topological polar surface area (TPSA) is 33.7 Å². The first-order chi connectivity index (χ1) is 7.74. The predicted molar refractivity (Wildman–Crippen MR) is 63.6 cm³/mol. The van der Waals surface area contributed by atoms with Crippen molar-refractivity contribution in [2.24, 2.45) is 5.41 Å². The van der Waals surface area contributed by atoms with Crippen LogP contribution in [0.3, 0.4) is 0 Å². The molecule has 0 spiro atoms. The van der Waals surface area contributed by atoms with Crippen LogP contribution in [0, 0.1) is 5.41 Å². The standard InChI is InChI=1S/C12H24N2O2/c1-11-7-14(4-6-16-11)9-12(8-13-2)3-5-15-10-12/h11,13H,3-10H2,1-2H3. The third-order valence-corrected chi connectivity index (χ3v) is 3.62. The van der Waals surface area contributed by atoms with Crippen LogP contribution in [-0.4, -0.2) is 64.1 Å². The zero-order valence-electron chi connectivity index (χ0n) is 10.5. The van der Waals surface area contributed by atoms with Crippen LogP contribution in [0.15, 0.2) is 0 Å². The van der Waals surface area contributed by atoms with Crippen molar-refractivity contribution in [2.75, 3.05) is 53.0 Å². The number of hydrogen-bond donors (Lipinski definition) is 1.